The molecule has 11 heteroatoms. The summed E-state index contributed by atoms with van der Waals surface area (Å²) in [5.74, 6) is -3.22. The van der Waals surface area contributed by atoms with Crippen LogP contribution in [0.3, 0.4) is 0 Å². The maximum Gasteiger partial charge on any atom is 0.573 e. The first-order valence-corrected chi connectivity index (χ1v) is 7.39. The van der Waals surface area contributed by atoms with E-state index >= 15 is 0 Å². The van der Waals surface area contributed by atoms with E-state index < -0.39 is 46.7 Å². The molecule has 0 heterocycles. The lowest BCUT2D eigenvalue weighted by Crippen LogP contribution is -2.17. The summed E-state index contributed by atoms with van der Waals surface area (Å²) in [6, 6.07) is 4.16. The number of ether oxygens (including phenoxy) is 3. The van der Waals surface area contributed by atoms with Gasteiger partial charge in [0.05, 0.1) is 12.7 Å². The molecule has 0 spiro atoms. The van der Waals surface area contributed by atoms with E-state index in [9.17, 15) is 36.2 Å². The van der Waals surface area contributed by atoms with Crippen LogP contribution in [0.2, 0.25) is 0 Å². The Labute approximate surface area is 154 Å². The van der Waals surface area contributed by atoms with Crippen molar-refractivity contribution in [2.45, 2.75) is 19.5 Å². The molecule has 2 aromatic rings. The van der Waals surface area contributed by atoms with Crippen LogP contribution in [0.15, 0.2) is 30.3 Å². The first-order valence-electron chi connectivity index (χ1n) is 7.39. The summed E-state index contributed by atoms with van der Waals surface area (Å²) in [6.07, 6.45) is -9.73. The molecule has 0 radical (unpaired) electrons. The number of aromatic carboxylic acids is 1. The third-order valence-corrected chi connectivity index (χ3v) is 3.53. The predicted octanol–water partition coefficient (Wildman–Crippen LogP) is 5.41. The van der Waals surface area contributed by atoms with Crippen LogP contribution in [0.5, 0.6) is 23.0 Å². The van der Waals surface area contributed by atoms with Crippen LogP contribution < -0.4 is 14.2 Å². The highest BCUT2D eigenvalue weighted by Gasteiger charge is 2.35. The van der Waals surface area contributed by atoms with Crippen LogP contribution in [0, 0.1) is 6.92 Å². The third kappa shape index (κ3) is 4.78. The average Bonchev–Trinajstić information content (AvgIpc) is 2.53. The molecule has 0 atom stereocenters. The summed E-state index contributed by atoms with van der Waals surface area (Å²) >= 11 is 0. The van der Waals surface area contributed by atoms with E-state index in [-0.39, 0.29) is 11.5 Å². The maximum absolute atomic E-state index is 13.0. The lowest BCUT2D eigenvalue weighted by atomic mass is 10.0. The molecule has 2 rings (SSSR count). The van der Waals surface area contributed by atoms with Crippen LogP contribution in [-0.4, -0.2) is 24.5 Å². The summed E-state index contributed by atoms with van der Waals surface area (Å²) in [5, 5.41) is 9.29. The van der Waals surface area contributed by atoms with Gasteiger partial charge in [0.1, 0.15) is 17.1 Å². The van der Waals surface area contributed by atoms with E-state index in [0.717, 1.165) is 38.3 Å². The van der Waals surface area contributed by atoms with Gasteiger partial charge in [0.25, 0.3) is 0 Å². The van der Waals surface area contributed by atoms with E-state index in [1.165, 1.54) is 0 Å². The van der Waals surface area contributed by atoms with Gasteiger partial charge in [-0.15, -0.1) is 13.2 Å². The smallest absolute Gasteiger partial charge is 0.493 e. The second-order valence-corrected chi connectivity index (χ2v) is 5.38. The molecule has 0 unspecified atom stereocenters. The minimum atomic E-state index is -4.95. The Bertz CT molecular complexity index is 889. The number of alkyl halides is 6. The molecular formula is C17H12F6O5. The van der Waals surface area contributed by atoms with Crippen molar-refractivity contribution in [2.75, 3.05) is 7.11 Å². The Balaban J connectivity index is 2.48. The minimum Gasteiger partial charge on any atom is -0.493 e. The largest absolute Gasteiger partial charge is 0.573 e. The van der Waals surface area contributed by atoms with Crippen molar-refractivity contribution >= 4 is 5.97 Å². The van der Waals surface area contributed by atoms with Crippen molar-refractivity contribution in [2.24, 2.45) is 0 Å². The van der Waals surface area contributed by atoms with Crippen LogP contribution >= 0.6 is 0 Å². The van der Waals surface area contributed by atoms with Gasteiger partial charge in [-0.25, -0.2) is 4.79 Å². The Morgan fingerprint density at radius 3 is 2.07 bits per heavy atom. The highest BCUT2D eigenvalue weighted by atomic mass is 19.4. The summed E-state index contributed by atoms with van der Waals surface area (Å²) < 4.78 is 89.8. The fourth-order valence-electron chi connectivity index (χ4n) is 2.39. The average molecular weight is 410 g/mol. The zero-order valence-electron chi connectivity index (χ0n) is 14.2. The van der Waals surface area contributed by atoms with E-state index in [1.807, 2.05) is 0 Å². The van der Waals surface area contributed by atoms with E-state index in [2.05, 4.69) is 4.74 Å². The van der Waals surface area contributed by atoms with E-state index in [4.69, 9.17) is 9.47 Å². The summed E-state index contributed by atoms with van der Waals surface area (Å²) in [5.41, 5.74) is -2.47. The standard InChI is InChI=1S/C17H12F6O5/c1-8-10(16(18,19)20)4-6-12(14(8)15(24)25)27-11-5-3-9(7-13(11)26-2)28-17(21,22)23/h3-7H,1-2H3,(H,24,25). The quantitative estimate of drug-likeness (QED) is 0.668. The number of halogens is 6. The molecule has 0 aromatic heterocycles. The van der Waals surface area contributed by atoms with Gasteiger partial charge in [0.15, 0.2) is 11.5 Å². The highest BCUT2D eigenvalue weighted by molar-refractivity contribution is 5.93. The van der Waals surface area contributed by atoms with Crippen LogP contribution in [0.25, 0.3) is 0 Å². The molecule has 2 aromatic carbocycles. The number of hydrogen-bond acceptors (Lipinski definition) is 4. The minimum absolute atomic E-state index is 0.223. The fourth-order valence-corrected chi connectivity index (χ4v) is 2.39. The number of rotatable bonds is 5. The molecule has 5 nitrogen and oxygen atoms in total. The predicted molar refractivity (Wildman–Crippen MR) is 82.9 cm³/mol. The van der Waals surface area contributed by atoms with Crippen molar-refractivity contribution in [1.29, 1.82) is 0 Å². The second-order valence-electron chi connectivity index (χ2n) is 5.38. The van der Waals surface area contributed by atoms with Gasteiger partial charge >= 0.3 is 18.5 Å². The summed E-state index contributed by atoms with van der Waals surface area (Å²) in [7, 11) is 1.11. The second kappa shape index (κ2) is 7.49. The fraction of sp³-hybridized carbons (Fsp3) is 0.235. The molecule has 0 aliphatic rings. The SMILES string of the molecule is COc1cc(OC(F)(F)F)ccc1Oc1ccc(C(F)(F)F)c(C)c1C(=O)O. The molecule has 152 valence electrons. The first kappa shape index (κ1) is 21.2. The summed E-state index contributed by atoms with van der Waals surface area (Å²) in [4.78, 5) is 11.5. The van der Waals surface area contributed by atoms with Gasteiger partial charge < -0.3 is 19.3 Å². The Hall–Kier alpha value is -3.11. The van der Waals surface area contributed by atoms with Gasteiger partial charge in [-0.05, 0) is 36.8 Å². The zero-order chi connectivity index (χ0) is 21.3. The number of carboxylic acids is 1. The molecule has 0 saturated heterocycles. The van der Waals surface area contributed by atoms with Gasteiger partial charge in [-0.2, -0.15) is 13.2 Å². The molecule has 0 fully saturated rings. The third-order valence-electron chi connectivity index (χ3n) is 3.53. The van der Waals surface area contributed by atoms with Crippen molar-refractivity contribution in [3.63, 3.8) is 0 Å². The maximum atomic E-state index is 13.0. The van der Waals surface area contributed by atoms with Crippen molar-refractivity contribution in [1.82, 2.24) is 0 Å². The van der Waals surface area contributed by atoms with E-state index in [0.29, 0.717) is 6.07 Å². The number of benzene rings is 2. The van der Waals surface area contributed by atoms with Crippen LogP contribution in [-0.2, 0) is 6.18 Å². The van der Waals surface area contributed by atoms with Gasteiger partial charge in [0, 0.05) is 6.07 Å². The lowest BCUT2D eigenvalue weighted by molar-refractivity contribution is -0.274. The molecule has 0 saturated carbocycles. The van der Waals surface area contributed by atoms with Gasteiger partial charge in [0.2, 0.25) is 0 Å². The van der Waals surface area contributed by atoms with Crippen LogP contribution in [0.1, 0.15) is 21.5 Å². The molecular weight excluding hydrogens is 398 g/mol. The van der Waals surface area contributed by atoms with Gasteiger partial charge in [-0.3, -0.25) is 0 Å². The number of carbonyl (C=O) groups is 1. The molecule has 0 amide bonds. The first-order chi connectivity index (χ1) is 12.8. The molecule has 0 aliphatic heterocycles. The lowest BCUT2D eigenvalue weighted by Gasteiger charge is -2.17. The van der Waals surface area contributed by atoms with E-state index in [1.54, 1.807) is 0 Å². The topological polar surface area (TPSA) is 65.0 Å². The highest BCUT2D eigenvalue weighted by Crippen LogP contribution is 2.40. The molecule has 0 aliphatic carbocycles. The van der Waals surface area contributed by atoms with Crippen LogP contribution in [0.4, 0.5) is 26.3 Å². The number of carboxylic acid groups (broad SMARTS) is 1. The monoisotopic (exact) mass is 410 g/mol. The van der Waals surface area contributed by atoms with Crippen molar-refractivity contribution < 1.29 is 50.5 Å². The Morgan fingerprint density at radius 2 is 1.57 bits per heavy atom. The van der Waals surface area contributed by atoms with Crippen molar-refractivity contribution in [3.05, 3.63) is 47.0 Å². The Morgan fingerprint density at radius 1 is 0.964 bits per heavy atom. The Kier molecular flexibility index (Phi) is 5.67. The normalized spacial score (nSPS) is 11.9. The molecule has 1 N–H and O–H groups in total. The molecule has 0 bridgehead atoms. The number of methoxy groups -OCH3 is 1. The summed E-state index contributed by atoms with van der Waals surface area (Å²) in [6.45, 7) is 0.969. The molecule has 28 heavy (non-hydrogen) atoms. The number of hydrogen-bond donors (Lipinski definition) is 1. The zero-order valence-corrected chi connectivity index (χ0v) is 14.2. The van der Waals surface area contributed by atoms with Crippen molar-refractivity contribution in [3.8, 4) is 23.0 Å². The van der Waals surface area contributed by atoms with Gasteiger partial charge in [-0.1, -0.05) is 0 Å².